The van der Waals surface area contributed by atoms with Crippen molar-refractivity contribution in [1.29, 1.82) is 0 Å². The van der Waals surface area contributed by atoms with Crippen LogP contribution in [0.15, 0.2) is 35.7 Å². The highest BCUT2D eigenvalue weighted by atomic mass is 32.1. The number of hydrogen-bond acceptors (Lipinski definition) is 5. The Morgan fingerprint density at radius 1 is 1.28 bits per heavy atom. The third-order valence-electron chi connectivity index (χ3n) is 3.39. The Labute approximate surface area is 147 Å². The van der Waals surface area contributed by atoms with E-state index in [9.17, 15) is 24.1 Å². The van der Waals surface area contributed by atoms with Gasteiger partial charge in [0.25, 0.3) is 5.91 Å². The topological polar surface area (TPSA) is 101 Å². The van der Waals surface area contributed by atoms with E-state index in [4.69, 9.17) is 0 Å². The van der Waals surface area contributed by atoms with Gasteiger partial charge in [0.15, 0.2) is 0 Å². The molecule has 2 aromatic rings. The standard InChI is InChI=1S/C16H16FN3O4S/c1-9(2)14(19-15(21)13-4-3-7-25-13)16(22)18-10-5-6-11(17)12(8-10)20(23)24/h3-9,14H,1-2H3,(H,18,22)(H,19,21). The predicted octanol–water partition coefficient (Wildman–Crippen LogP) is 3.19. The van der Waals surface area contributed by atoms with Crippen LogP contribution in [-0.2, 0) is 4.79 Å². The van der Waals surface area contributed by atoms with Crippen molar-refractivity contribution in [3.05, 3.63) is 56.5 Å². The Hall–Kier alpha value is -2.81. The van der Waals surface area contributed by atoms with E-state index < -0.39 is 28.4 Å². The lowest BCUT2D eigenvalue weighted by Crippen LogP contribution is -2.46. The average molecular weight is 365 g/mol. The molecule has 1 heterocycles. The van der Waals surface area contributed by atoms with Crippen LogP contribution in [0.3, 0.4) is 0 Å². The zero-order valence-corrected chi connectivity index (χ0v) is 14.3. The molecule has 0 fully saturated rings. The van der Waals surface area contributed by atoms with Gasteiger partial charge >= 0.3 is 5.69 Å². The van der Waals surface area contributed by atoms with Gasteiger partial charge in [-0.15, -0.1) is 11.3 Å². The van der Waals surface area contributed by atoms with Gasteiger partial charge in [-0.1, -0.05) is 19.9 Å². The van der Waals surface area contributed by atoms with Crippen LogP contribution in [0, 0.1) is 21.8 Å². The highest BCUT2D eigenvalue weighted by Gasteiger charge is 2.26. The number of halogens is 1. The minimum atomic E-state index is -0.991. The summed E-state index contributed by atoms with van der Waals surface area (Å²) in [6.45, 7) is 3.51. The van der Waals surface area contributed by atoms with Gasteiger partial charge in [-0.25, -0.2) is 0 Å². The number of hydrogen-bond donors (Lipinski definition) is 2. The summed E-state index contributed by atoms with van der Waals surface area (Å²) >= 11 is 1.25. The number of nitro groups is 1. The van der Waals surface area contributed by atoms with Gasteiger partial charge in [0.1, 0.15) is 6.04 Å². The molecule has 25 heavy (non-hydrogen) atoms. The molecule has 0 radical (unpaired) electrons. The fourth-order valence-electron chi connectivity index (χ4n) is 2.11. The van der Waals surface area contributed by atoms with Crippen molar-refractivity contribution in [2.24, 2.45) is 5.92 Å². The third-order valence-corrected chi connectivity index (χ3v) is 4.26. The number of amides is 2. The van der Waals surface area contributed by atoms with Crippen molar-refractivity contribution >= 4 is 34.5 Å². The van der Waals surface area contributed by atoms with Crippen molar-refractivity contribution < 1.29 is 18.9 Å². The highest BCUT2D eigenvalue weighted by molar-refractivity contribution is 7.12. The minimum absolute atomic E-state index is 0.0779. The molecule has 2 N–H and O–H groups in total. The van der Waals surface area contributed by atoms with Crippen LogP contribution in [0.4, 0.5) is 15.8 Å². The fourth-order valence-corrected chi connectivity index (χ4v) is 2.73. The molecule has 7 nitrogen and oxygen atoms in total. The zero-order valence-electron chi connectivity index (χ0n) is 13.5. The lowest BCUT2D eigenvalue weighted by Gasteiger charge is -2.21. The number of thiophene rings is 1. The van der Waals surface area contributed by atoms with Crippen LogP contribution in [0.1, 0.15) is 23.5 Å². The molecule has 0 spiro atoms. The predicted molar refractivity (Wildman–Crippen MR) is 92.1 cm³/mol. The average Bonchev–Trinajstić information content (AvgIpc) is 3.08. The maximum atomic E-state index is 13.4. The van der Waals surface area contributed by atoms with E-state index in [1.807, 2.05) is 0 Å². The Bertz CT molecular complexity index is 793. The summed E-state index contributed by atoms with van der Waals surface area (Å²) in [5, 5.41) is 17.6. The van der Waals surface area contributed by atoms with Crippen molar-refractivity contribution in [2.45, 2.75) is 19.9 Å². The van der Waals surface area contributed by atoms with Gasteiger partial charge in [0, 0.05) is 11.8 Å². The van der Waals surface area contributed by atoms with Gasteiger partial charge in [0.05, 0.1) is 9.80 Å². The first-order chi connectivity index (χ1) is 11.8. The number of rotatable bonds is 6. The molecular formula is C16H16FN3O4S. The summed E-state index contributed by atoms with van der Waals surface area (Å²) in [5.74, 6) is -2.14. The Morgan fingerprint density at radius 2 is 2.00 bits per heavy atom. The summed E-state index contributed by atoms with van der Waals surface area (Å²) in [6, 6.07) is 5.58. The van der Waals surface area contributed by atoms with E-state index in [1.54, 1.807) is 31.4 Å². The van der Waals surface area contributed by atoms with Gasteiger partial charge in [-0.05, 0) is 29.5 Å². The fraction of sp³-hybridized carbons (Fsp3) is 0.250. The molecule has 0 saturated heterocycles. The molecule has 0 aliphatic rings. The van der Waals surface area contributed by atoms with Crippen LogP contribution in [0.25, 0.3) is 0 Å². The van der Waals surface area contributed by atoms with Crippen molar-refractivity contribution in [3.63, 3.8) is 0 Å². The second-order valence-electron chi connectivity index (χ2n) is 5.59. The smallest absolute Gasteiger partial charge is 0.306 e. The first kappa shape index (κ1) is 18.5. The van der Waals surface area contributed by atoms with E-state index in [-0.39, 0.29) is 17.5 Å². The van der Waals surface area contributed by atoms with Gasteiger partial charge in [0.2, 0.25) is 11.7 Å². The normalized spacial score (nSPS) is 11.8. The SMILES string of the molecule is CC(C)C(NC(=O)c1cccs1)C(=O)Nc1ccc(F)c([N+](=O)[O-])c1. The largest absolute Gasteiger partial charge is 0.339 e. The quantitative estimate of drug-likeness (QED) is 0.606. The summed E-state index contributed by atoms with van der Waals surface area (Å²) in [6.07, 6.45) is 0. The number of nitrogens with one attached hydrogen (secondary N) is 2. The van der Waals surface area contributed by atoms with E-state index in [0.717, 1.165) is 12.1 Å². The van der Waals surface area contributed by atoms with Crippen molar-refractivity contribution in [3.8, 4) is 0 Å². The summed E-state index contributed by atoms with van der Waals surface area (Å²) < 4.78 is 13.4. The molecular weight excluding hydrogens is 349 g/mol. The van der Waals surface area contributed by atoms with Crippen LogP contribution in [0.2, 0.25) is 0 Å². The van der Waals surface area contributed by atoms with Crippen LogP contribution >= 0.6 is 11.3 Å². The molecule has 1 atom stereocenters. The first-order valence-corrected chi connectivity index (χ1v) is 8.26. The molecule has 2 amide bonds. The Kier molecular flexibility index (Phi) is 5.81. The van der Waals surface area contributed by atoms with E-state index in [0.29, 0.717) is 4.88 Å². The second kappa shape index (κ2) is 7.84. The number of carbonyl (C=O) groups is 2. The number of anilines is 1. The van der Waals surface area contributed by atoms with Gasteiger partial charge < -0.3 is 10.6 Å². The molecule has 1 aromatic carbocycles. The lowest BCUT2D eigenvalue weighted by atomic mass is 10.0. The summed E-state index contributed by atoms with van der Waals surface area (Å²) in [4.78, 5) is 35.0. The van der Waals surface area contributed by atoms with Gasteiger partial charge in [-0.3, -0.25) is 19.7 Å². The van der Waals surface area contributed by atoms with E-state index >= 15 is 0 Å². The zero-order chi connectivity index (χ0) is 18.6. The molecule has 132 valence electrons. The van der Waals surface area contributed by atoms with Crippen molar-refractivity contribution in [2.75, 3.05) is 5.32 Å². The molecule has 2 rings (SSSR count). The molecule has 1 aromatic heterocycles. The molecule has 0 bridgehead atoms. The number of nitrogens with zero attached hydrogens (tertiary/aromatic N) is 1. The summed E-state index contributed by atoms with van der Waals surface area (Å²) in [7, 11) is 0. The van der Waals surface area contributed by atoms with E-state index in [1.165, 1.54) is 17.4 Å². The molecule has 0 aliphatic heterocycles. The Morgan fingerprint density at radius 3 is 2.56 bits per heavy atom. The molecule has 0 saturated carbocycles. The first-order valence-electron chi connectivity index (χ1n) is 7.38. The highest BCUT2D eigenvalue weighted by Crippen LogP contribution is 2.22. The maximum Gasteiger partial charge on any atom is 0.306 e. The Balaban J connectivity index is 2.14. The number of nitro benzene ring substituents is 1. The molecule has 0 aliphatic carbocycles. The van der Waals surface area contributed by atoms with Crippen LogP contribution in [0.5, 0.6) is 0 Å². The number of benzene rings is 1. The summed E-state index contributed by atoms with van der Waals surface area (Å²) in [5.41, 5.74) is -0.657. The van der Waals surface area contributed by atoms with Crippen LogP contribution < -0.4 is 10.6 Å². The maximum absolute atomic E-state index is 13.4. The monoisotopic (exact) mass is 365 g/mol. The second-order valence-corrected chi connectivity index (χ2v) is 6.53. The molecule has 9 heteroatoms. The third kappa shape index (κ3) is 4.60. The minimum Gasteiger partial charge on any atom is -0.339 e. The van der Waals surface area contributed by atoms with E-state index in [2.05, 4.69) is 10.6 Å². The lowest BCUT2D eigenvalue weighted by molar-refractivity contribution is -0.387. The van der Waals surface area contributed by atoms with Gasteiger partial charge in [-0.2, -0.15) is 4.39 Å². The van der Waals surface area contributed by atoms with Crippen molar-refractivity contribution in [1.82, 2.24) is 5.32 Å². The number of carbonyl (C=O) groups excluding carboxylic acids is 2. The van der Waals surface area contributed by atoms with Crippen LogP contribution in [-0.4, -0.2) is 22.8 Å². The molecule has 1 unspecified atom stereocenters.